The maximum atomic E-state index is 11.7. The second-order valence-electron chi connectivity index (χ2n) is 7.40. The lowest BCUT2D eigenvalue weighted by atomic mass is 9.85. The third kappa shape index (κ3) is 3.41. The number of aromatic amines is 1. The van der Waals surface area contributed by atoms with Crippen LogP contribution in [0.25, 0.3) is 11.0 Å². The van der Waals surface area contributed by atoms with Crippen LogP contribution in [0.5, 0.6) is 0 Å². The molecule has 2 aromatic heterocycles. The van der Waals surface area contributed by atoms with E-state index in [2.05, 4.69) is 28.2 Å². The average Bonchev–Trinajstić information content (AvgIpc) is 3.28. The van der Waals surface area contributed by atoms with Gasteiger partial charge in [-0.2, -0.15) is 0 Å². The normalized spacial score (nSPS) is 16.2. The number of ketones is 1. The number of nitrogens with one attached hydrogen (secondary N) is 1. The zero-order valence-corrected chi connectivity index (χ0v) is 15.7. The number of Topliss-reactive ketones (excluding diaryl/α,β-unsaturated/α-hetero) is 1. The molecule has 0 saturated heterocycles. The lowest BCUT2D eigenvalue weighted by Crippen LogP contribution is -2.08. The molecular formula is C22H23ClN2O. The summed E-state index contributed by atoms with van der Waals surface area (Å²) in [7, 11) is 0. The molecular weight excluding hydrogens is 344 g/mol. The molecule has 1 aliphatic rings. The van der Waals surface area contributed by atoms with Crippen LogP contribution in [0, 0.1) is 5.92 Å². The van der Waals surface area contributed by atoms with Gasteiger partial charge < -0.3 is 4.98 Å². The molecule has 3 nitrogen and oxygen atoms in total. The fourth-order valence-corrected chi connectivity index (χ4v) is 4.54. The van der Waals surface area contributed by atoms with Crippen molar-refractivity contribution in [2.45, 2.75) is 44.9 Å². The highest BCUT2D eigenvalue weighted by molar-refractivity contribution is 6.33. The Labute approximate surface area is 158 Å². The standard InChI is InChI=1S/C22H23ClN2O/c1-14(26)18-9-8-16(12-20(18)23)19(11-15-5-2-3-6-15)21-13-17-7-4-10-24-22(17)25-21/h4,7-10,12-13,15,19H,2-3,5-6,11H2,1H3,(H,24,25). The molecule has 0 amide bonds. The van der Waals surface area contributed by atoms with Crippen LogP contribution in [0.4, 0.5) is 0 Å². The minimum atomic E-state index is 0.00343. The number of pyridine rings is 1. The van der Waals surface area contributed by atoms with Crippen molar-refractivity contribution >= 4 is 28.4 Å². The van der Waals surface area contributed by atoms with E-state index in [9.17, 15) is 4.79 Å². The fourth-order valence-electron chi connectivity index (χ4n) is 4.22. The second-order valence-corrected chi connectivity index (χ2v) is 7.81. The van der Waals surface area contributed by atoms with Crippen LogP contribution < -0.4 is 0 Å². The Bertz CT molecular complexity index is 907. The summed E-state index contributed by atoms with van der Waals surface area (Å²) in [4.78, 5) is 19.7. The van der Waals surface area contributed by atoms with Gasteiger partial charge in [0.15, 0.2) is 5.78 Å². The predicted molar refractivity (Wildman–Crippen MR) is 106 cm³/mol. The number of rotatable bonds is 5. The molecule has 1 aromatic carbocycles. The third-order valence-electron chi connectivity index (χ3n) is 5.61. The molecule has 1 aliphatic carbocycles. The van der Waals surface area contributed by atoms with Crippen molar-refractivity contribution in [1.82, 2.24) is 9.97 Å². The number of halogens is 1. The van der Waals surface area contributed by atoms with E-state index >= 15 is 0 Å². The van der Waals surface area contributed by atoms with E-state index in [1.807, 2.05) is 24.4 Å². The number of nitrogens with zero attached hydrogens (tertiary/aromatic N) is 1. The fraction of sp³-hybridized carbons (Fsp3) is 0.364. The van der Waals surface area contributed by atoms with Crippen LogP contribution in [0.2, 0.25) is 5.02 Å². The summed E-state index contributed by atoms with van der Waals surface area (Å²) in [5.41, 5.74) is 3.86. The van der Waals surface area contributed by atoms with Crippen LogP contribution in [0.15, 0.2) is 42.6 Å². The van der Waals surface area contributed by atoms with Crippen molar-refractivity contribution in [3.8, 4) is 0 Å². The van der Waals surface area contributed by atoms with Gasteiger partial charge in [0.1, 0.15) is 5.65 Å². The van der Waals surface area contributed by atoms with Crippen LogP contribution >= 0.6 is 11.6 Å². The number of carbonyl (C=O) groups is 1. The van der Waals surface area contributed by atoms with E-state index in [0.29, 0.717) is 10.6 Å². The SMILES string of the molecule is CC(=O)c1ccc(C(CC2CCCC2)c2cc3cccnc3[nH]2)cc1Cl. The first kappa shape index (κ1) is 17.3. The van der Waals surface area contributed by atoms with Gasteiger partial charge in [-0.05, 0) is 55.2 Å². The van der Waals surface area contributed by atoms with Gasteiger partial charge in [0.2, 0.25) is 0 Å². The van der Waals surface area contributed by atoms with E-state index in [1.54, 1.807) is 6.92 Å². The molecule has 1 fully saturated rings. The molecule has 0 spiro atoms. The maximum absolute atomic E-state index is 11.7. The Morgan fingerprint density at radius 2 is 2.08 bits per heavy atom. The molecule has 0 aliphatic heterocycles. The number of aromatic nitrogens is 2. The van der Waals surface area contributed by atoms with Crippen molar-refractivity contribution in [3.63, 3.8) is 0 Å². The molecule has 2 heterocycles. The van der Waals surface area contributed by atoms with Crippen LogP contribution in [-0.4, -0.2) is 15.8 Å². The predicted octanol–water partition coefficient (Wildman–Crippen LogP) is 6.13. The highest BCUT2D eigenvalue weighted by Crippen LogP contribution is 2.39. The molecule has 1 unspecified atom stereocenters. The lowest BCUT2D eigenvalue weighted by molar-refractivity contribution is 0.101. The Hall–Kier alpha value is -2.13. The zero-order chi connectivity index (χ0) is 18.1. The van der Waals surface area contributed by atoms with Gasteiger partial charge in [-0.15, -0.1) is 0 Å². The Morgan fingerprint density at radius 3 is 2.77 bits per heavy atom. The largest absolute Gasteiger partial charge is 0.343 e. The summed E-state index contributed by atoms with van der Waals surface area (Å²) in [6, 6.07) is 12.1. The number of hydrogen-bond acceptors (Lipinski definition) is 2. The second kappa shape index (κ2) is 7.24. The smallest absolute Gasteiger partial charge is 0.161 e. The molecule has 4 rings (SSSR count). The Morgan fingerprint density at radius 1 is 1.27 bits per heavy atom. The minimum Gasteiger partial charge on any atom is -0.343 e. The average molecular weight is 367 g/mol. The van der Waals surface area contributed by atoms with Gasteiger partial charge in [-0.1, -0.05) is 43.4 Å². The van der Waals surface area contributed by atoms with E-state index in [0.717, 1.165) is 23.4 Å². The molecule has 1 N–H and O–H groups in total. The highest BCUT2D eigenvalue weighted by atomic mass is 35.5. The van der Waals surface area contributed by atoms with Gasteiger partial charge in [-0.3, -0.25) is 4.79 Å². The monoisotopic (exact) mass is 366 g/mol. The van der Waals surface area contributed by atoms with Crippen LogP contribution in [0.1, 0.15) is 66.6 Å². The first-order valence-corrected chi connectivity index (χ1v) is 9.73. The van der Waals surface area contributed by atoms with Crippen molar-refractivity contribution in [2.24, 2.45) is 5.92 Å². The topological polar surface area (TPSA) is 45.8 Å². The molecule has 0 radical (unpaired) electrons. The van der Waals surface area contributed by atoms with Gasteiger partial charge in [0, 0.05) is 28.8 Å². The van der Waals surface area contributed by atoms with Crippen molar-refractivity contribution < 1.29 is 4.79 Å². The number of benzene rings is 1. The van der Waals surface area contributed by atoms with Gasteiger partial charge in [0.05, 0.1) is 5.02 Å². The summed E-state index contributed by atoms with van der Waals surface area (Å²) < 4.78 is 0. The zero-order valence-electron chi connectivity index (χ0n) is 15.0. The van der Waals surface area contributed by atoms with Crippen molar-refractivity contribution in [2.75, 3.05) is 0 Å². The summed E-state index contributed by atoms with van der Waals surface area (Å²) in [6.45, 7) is 1.56. The molecule has 1 atom stereocenters. The summed E-state index contributed by atoms with van der Waals surface area (Å²) >= 11 is 6.41. The first-order chi connectivity index (χ1) is 12.6. The molecule has 1 saturated carbocycles. The number of H-pyrrole nitrogens is 1. The highest BCUT2D eigenvalue weighted by Gasteiger charge is 2.25. The van der Waals surface area contributed by atoms with Crippen molar-refractivity contribution in [1.29, 1.82) is 0 Å². The maximum Gasteiger partial charge on any atom is 0.161 e. The summed E-state index contributed by atoms with van der Waals surface area (Å²) in [5.74, 6) is 0.986. The third-order valence-corrected chi connectivity index (χ3v) is 5.92. The molecule has 26 heavy (non-hydrogen) atoms. The van der Waals surface area contributed by atoms with Gasteiger partial charge in [0.25, 0.3) is 0 Å². The van der Waals surface area contributed by atoms with E-state index in [1.165, 1.54) is 36.9 Å². The Kier molecular flexibility index (Phi) is 4.82. The van der Waals surface area contributed by atoms with Gasteiger partial charge >= 0.3 is 0 Å². The van der Waals surface area contributed by atoms with Gasteiger partial charge in [-0.25, -0.2) is 4.98 Å². The van der Waals surface area contributed by atoms with Crippen molar-refractivity contribution in [3.05, 3.63) is 64.4 Å². The summed E-state index contributed by atoms with van der Waals surface area (Å²) in [6.07, 6.45) is 8.17. The van der Waals surface area contributed by atoms with E-state index in [4.69, 9.17) is 11.6 Å². The molecule has 134 valence electrons. The molecule has 3 aromatic rings. The Balaban J connectivity index is 1.74. The number of fused-ring (bicyclic) bond motifs is 1. The minimum absolute atomic E-state index is 0.00343. The lowest BCUT2D eigenvalue weighted by Gasteiger charge is -2.21. The first-order valence-electron chi connectivity index (χ1n) is 9.36. The van der Waals surface area contributed by atoms with E-state index < -0.39 is 0 Å². The van der Waals surface area contributed by atoms with Crippen LogP contribution in [0.3, 0.4) is 0 Å². The molecule has 0 bridgehead atoms. The quantitative estimate of drug-likeness (QED) is 0.552. The summed E-state index contributed by atoms with van der Waals surface area (Å²) in [5, 5.41) is 1.67. The number of hydrogen-bond donors (Lipinski definition) is 1. The van der Waals surface area contributed by atoms with Crippen LogP contribution in [-0.2, 0) is 0 Å². The molecule has 4 heteroatoms. The van der Waals surface area contributed by atoms with E-state index in [-0.39, 0.29) is 11.7 Å². The number of carbonyl (C=O) groups excluding carboxylic acids is 1.